The second-order valence-corrected chi connectivity index (χ2v) is 14.5. The third-order valence-electron chi connectivity index (χ3n) is 9.01. The van der Waals surface area contributed by atoms with Crippen molar-refractivity contribution in [3.63, 3.8) is 0 Å². The number of nitrogens with zero attached hydrogens (tertiary/aromatic N) is 1. The third-order valence-corrected chi connectivity index (χ3v) is 10.0. The molecule has 0 saturated carbocycles. The summed E-state index contributed by atoms with van der Waals surface area (Å²) in [5.41, 5.74) is 7.06. The highest BCUT2D eigenvalue weighted by Crippen LogP contribution is 2.44. The molecule has 0 aromatic heterocycles. The zero-order chi connectivity index (χ0) is 32.2. The Hall–Kier alpha value is -2.82. The Morgan fingerprint density at radius 2 is 1.84 bits per heavy atom. The first-order chi connectivity index (χ1) is 21.5. The fourth-order valence-corrected chi connectivity index (χ4v) is 6.93. The molecule has 3 aromatic rings. The standard InChI is InChI=1S/C35H45ClN2O6S/c1-5-42-33-22-34(30(36)21-25(33)23-37-16-20-45(39,40)41)44-32-14-13-28-27(10-6-11-29(28)32)26-9-7-12-31(24(26)2)43-19-8-17-38-18-15-35(38,3)4/h6-7,9-12,21-22,32,37H,5,8,13-20,23H2,1-4H3,(H,39,40,41)/t32-/m0/s1. The molecular formula is C35H45ClN2O6S. The monoisotopic (exact) mass is 656 g/mol. The number of nitrogens with one attached hydrogen (secondary N) is 1. The maximum atomic E-state index is 11.0. The van der Waals surface area contributed by atoms with Gasteiger partial charge < -0.3 is 19.5 Å². The van der Waals surface area contributed by atoms with Gasteiger partial charge in [0.1, 0.15) is 23.4 Å². The summed E-state index contributed by atoms with van der Waals surface area (Å²) in [6.45, 7) is 12.5. The van der Waals surface area contributed by atoms with Crippen molar-refractivity contribution in [2.75, 3.05) is 38.6 Å². The van der Waals surface area contributed by atoms with E-state index in [0.717, 1.165) is 48.2 Å². The van der Waals surface area contributed by atoms with Gasteiger partial charge in [-0.3, -0.25) is 9.45 Å². The molecule has 5 rings (SSSR count). The van der Waals surface area contributed by atoms with Gasteiger partial charge in [0.05, 0.1) is 24.0 Å². The topological polar surface area (TPSA) is 97.3 Å². The van der Waals surface area contributed by atoms with Gasteiger partial charge in [0.2, 0.25) is 0 Å². The van der Waals surface area contributed by atoms with E-state index >= 15 is 0 Å². The predicted octanol–water partition coefficient (Wildman–Crippen LogP) is 7.01. The van der Waals surface area contributed by atoms with Gasteiger partial charge in [-0.2, -0.15) is 8.42 Å². The van der Waals surface area contributed by atoms with Gasteiger partial charge in [0.25, 0.3) is 10.1 Å². The molecule has 10 heteroatoms. The number of hydrogen-bond donors (Lipinski definition) is 2. The number of ether oxygens (including phenoxy) is 3. The van der Waals surface area contributed by atoms with Crippen LogP contribution in [0.3, 0.4) is 0 Å². The van der Waals surface area contributed by atoms with E-state index < -0.39 is 10.1 Å². The number of benzene rings is 3. The van der Waals surface area contributed by atoms with Crippen LogP contribution in [-0.2, 0) is 23.1 Å². The lowest BCUT2D eigenvalue weighted by Gasteiger charge is -2.48. The molecule has 0 amide bonds. The fraction of sp³-hybridized carbons (Fsp3) is 0.486. The van der Waals surface area contributed by atoms with Crippen molar-refractivity contribution in [2.45, 2.75) is 71.6 Å². The lowest BCUT2D eigenvalue weighted by Crippen LogP contribution is -2.55. The second kappa shape index (κ2) is 14.3. The fourth-order valence-electron chi connectivity index (χ4n) is 6.29. The summed E-state index contributed by atoms with van der Waals surface area (Å²) in [5, 5.41) is 3.47. The van der Waals surface area contributed by atoms with Gasteiger partial charge >= 0.3 is 0 Å². The Labute approximate surface area is 272 Å². The van der Waals surface area contributed by atoms with Crippen LogP contribution in [0.1, 0.15) is 68.4 Å². The highest BCUT2D eigenvalue weighted by Gasteiger charge is 2.34. The van der Waals surface area contributed by atoms with Crippen LogP contribution < -0.4 is 19.5 Å². The van der Waals surface area contributed by atoms with Gasteiger partial charge in [-0.1, -0.05) is 41.9 Å². The first-order valence-electron chi connectivity index (χ1n) is 15.8. The number of likely N-dealkylation sites (tertiary alicyclic amines) is 1. The number of halogens is 1. The third kappa shape index (κ3) is 8.13. The summed E-state index contributed by atoms with van der Waals surface area (Å²) < 4.78 is 49.7. The maximum Gasteiger partial charge on any atom is 0.266 e. The lowest BCUT2D eigenvalue weighted by atomic mass is 9.89. The SMILES string of the molecule is CCOc1cc(O[C@H]2CCc3c(-c4cccc(OCCCN5CCC5(C)C)c4C)cccc32)c(Cl)cc1CNCCS(=O)(=O)O. The summed E-state index contributed by atoms with van der Waals surface area (Å²) in [6, 6.07) is 16.3. The number of hydrogen-bond acceptors (Lipinski definition) is 7. The summed E-state index contributed by atoms with van der Waals surface area (Å²) in [4.78, 5) is 2.53. The Balaban J connectivity index is 1.28. The maximum absolute atomic E-state index is 11.0. The summed E-state index contributed by atoms with van der Waals surface area (Å²) >= 11 is 6.69. The van der Waals surface area contributed by atoms with Crippen LogP contribution in [0.25, 0.3) is 11.1 Å². The molecule has 0 spiro atoms. The van der Waals surface area contributed by atoms with Crippen molar-refractivity contribution in [3.8, 4) is 28.4 Å². The quantitative estimate of drug-likeness (QED) is 0.133. The van der Waals surface area contributed by atoms with E-state index in [1.54, 1.807) is 12.1 Å². The van der Waals surface area contributed by atoms with Gasteiger partial charge in [-0.05, 0) is 93.3 Å². The predicted molar refractivity (Wildman–Crippen MR) is 179 cm³/mol. The largest absolute Gasteiger partial charge is 0.493 e. The van der Waals surface area contributed by atoms with Crippen LogP contribution in [-0.4, -0.2) is 62.0 Å². The van der Waals surface area contributed by atoms with Crippen molar-refractivity contribution >= 4 is 21.7 Å². The number of fused-ring (bicyclic) bond motifs is 1. The Morgan fingerprint density at radius 3 is 2.56 bits per heavy atom. The second-order valence-electron chi connectivity index (χ2n) is 12.5. The van der Waals surface area contributed by atoms with Crippen LogP contribution in [0.2, 0.25) is 5.02 Å². The molecule has 1 aliphatic carbocycles. The Kier molecular flexibility index (Phi) is 10.7. The van der Waals surface area contributed by atoms with Crippen LogP contribution in [0, 0.1) is 6.92 Å². The van der Waals surface area contributed by atoms with Crippen LogP contribution in [0.5, 0.6) is 17.2 Å². The van der Waals surface area contributed by atoms with E-state index in [0.29, 0.717) is 41.8 Å². The van der Waals surface area contributed by atoms with E-state index in [2.05, 4.69) is 67.4 Å². The zero-order valence-corrected chi connectivity index (χ0v) is 28.3. The Bertz CT molecular complexity index is 1610. The average Bonchev–Trinajstić information content (AvgIpc) is 3.40. The summed E-state index contributed by atoms with van der Waals surface area (Å²) in [7, 11) is -4.03. The molecule has 0 radical (unpaired) electrons. The minimum absolute atomic E-state index is 0.104. The molecule has 1 fully saturated rings. The molecule has 1 heterocycles. The van der Waals surface area contributed by atoms with Crippen molar-refractivity contribution in [3.05, 3.63) is 75.8 Å². The van der Waals surface area contributed by atoms with Crippen molar-refractivity contribution in [1.82, 2.24) is 10.2 Å². The minimum Gasteiger partial charge on any atom is -0.493 e. The van der Waals surface area contributed by atoms with Crippen molar-refractivity contribution in [1.29, 1.82) is 0 Å². The van der Waals surface area contributed by atoms with Gasteiger partial charge in [-0.25, -0.2) is 0 Å². The van der Waals surface area contributed by atoms with E-state index in [4.69, 9.17) is 30.4 Å². The molecule has 1 saturated heterocycles. The summed E-state index contributed by atoms with van der Waals surface area (Å²) in [6.07, 6.45) is 3.83. The first kappa shape index (κ1) is 33.5. The Morgan fingerprint density at radius 1 is 1.07 bits per heavy atom. The molecule has 2 aliphatic rings. The van der Waals surface area contributed by atoms with E-state index in [1.807, 2.05) is 6.92 Å². The average molecular weight is 657 g/mol. The lowest BCUT2D eigenvalue weighted by molar-refractivity contribution is 0.0123. The van der Waals surface area contributed by atoms with Crippen molar-refractivity contribution < 1.29 is 27.2 Å². The zero-order valence-electron chi connectivity index (χ0n) is 26.7. The first-order valence-corrected chi connectivity index (χ1v) is 17.8. The smallest absolute Gasteiger partial charge is 0.266 e. The van der Waals surface area contributed by atoms with E-state index in [1.165, 1.54) is 29.7 Å². The van der Waals surface area contributed by atoms with Gasteiger partial charge in [-0.15, -0.1) is 0 Å². The molecule has 1 atom stereocenters. The molecule has 0 bridgehead atoms. The van der Waals surface area contributed by atoms with Gasteiger partial charge in [0.15, 0.2) is 0 Å². The molecule has 8 nitrogen and oxygen atoms in total. The normalized spacial score (nSPS) is 17.5. The van der Waals surface area contributed by atoms with Gasteiger partial charge in [0, 0.05) is 43.3 Å². The molecule has 0 unspecified atom stereocenters. The molecule has 1 aliphatic heterocycles. The highest BCUT2D eigenvalue weighted by molar-refractivity contribution is 7.85. The van der Waals surface area contributed by atoms with Crippen molar-refractivity contribution in [2.24, 2.45) is 0 Å². The molecule has 45 heavy (non-hydrogen) atoms. The summed E-state index contributed by atoms with van der Waals surface area (Å²) in [5.74, 6) is 1.72. The molecular weight excluding hydrogens is 612 g/mol. The number of rotatable bonds is 15. The molecule has 3 aromatic carbocycles. The van der Waals surface area contributed by atoms with E-state index in [-0.39, 0.29) is 18.4 Å². The van der Waals surface area contributed by atoms with Crippen LogP contribution in [0.4, 0.5) is 0 Å². The highest BCUT2D eigenvalue weighted by atomic mass is 35.5. The van der Waals surface area contributed by atoms with E-state index in [9.17, 15) is 8.42 Å². The van der Waals surface area contributed by atoms with Crippen LogP contribution in [0.15, 0.2) is 48.5 Å². The van der Waals surface area contributed by atoms with Crippen LogP contribution >= 0.6 is 11.6 Å². The minimum atomic E-state index is -4.03. The molecule has 2 N–H and O–H groups in total. The molecule has 244 valence electrons.